The van der Waals surface area contributed by atoms with Gasteiger partial charge in [-0.25, -0.2) is 4.39 Å². The molecule has 0 spiro atoms. The summed E-state index contributed by atoms with van der Waals surface area (Å²) in [5.41, 5.74) is 4.97. The van der Waals surface area contributed by atoms with E-state index in [4.69, 9.17) is 14.6 Å². The molecule has 0 bridgehead atoms. The Balaban J connectivity index is 1.18. The van der Waals surface area contributed by atoms with E-state index < -0.39 is 0 Å². The minimum absolute atomic E-state index is 0.147. The van der Waals surface area contributed by atoms with Gasteiger partial charge in [0.25, 0.3) is 0 Å². The first-order valence-electron chi connectivity index (χ1n) is 11.9. The molecule has 1 aliphatic carbocycles. The first-order valence-corrected chi connectivity index (χ1v) is 11.9. The van der Waals surface area contributed by atoms with Crippen LogP contribution in [-0.4, -0.2) is 53.0 Å². The smallest absolute Gasteiger partial charge is 0.227 e. The zero-order valence-corrected chi connectivity index (χ0v) is 19.1. The standard InChI is InChI=1S/C24H27FN8O2/c25-17-5-3-16(4-6-17)20-11-18(35-32-20)14-26-24-28-21(13-23(29-24)33-7-9-34-10-8-33)27-22-12-19(30-31-22)15-1-2-15/h3-6,11-13,15,20,32H,1-2,7-10,14H2,(H3,26,27,28,29,30,31). The largest absolute Gasteiger partial charge is 0.411 e. The lowest BCUT2D eigenvalue weighted by Crippen LogP contribution is -2.37. The van der Waals surface area contributed by atoms with Gasteiger partial charge >= 0.3 is 0 Å². The zero-order valence-electron chi connectivity index (χ0n) is 19.1. The Bertz CT molecular complexity index is 1200. The van der Waals surface area contributed by atoms with Crippen LogP contribution in [0.2, 0.25) is 0 Å². The molecule has 2 fully saturated rings. The summed E-state index contributed by atoms with van der Waals surface area (Å²) in [5, 5.41) is 14.1. The number of rotatable bonds is 8. The van der Waals surface area contributed by atoms with Crippen LogP contribution < -0.4 is 21.0 Å². The van der Waals surface area contributed by atoms with Gasteiger partial charge in [0.15, 0.2) is 0 Å². The van der Waals surface area contributed by atoms with Crippen molar-refractivity contribution < 1.29 is 14.0 Å². The third-order valence-electron chi connectivity index (χ3n) is 6.22. The molecule has 0 radical (unpaired) electrons. The Hall–Kier alpha value is -3.70. The average molecular weight is 479 g/mol. The van der Waals surface area contributed by atoms with Gasteiger partial charge < -0.3 is 25.1 Å². The average Bonchev–Trinajstić information content (AvgIpc) is 3.45. The third-order valence-corrected chi connectivity index (χ3v) is 6.22. The number of ether oxygens (including phenoxy) is 1. The fourth-order valence-electron chi connectivity index (χ4n) is 4.15. The van der Waals surface area contributed by atoms with Gasteiger partial charge in [-0.05, 0) is 36.6 Å². The third kappa shape index (κ3) is 5.20. The lowest BCUT2D eigenvalue weighted by atomic mass is 10.1. The topological polar surface area (TPSA) is 112 Å². The van der Waals surface area contributed by atoms with Gasteiger partial charge in [-0.2, -0.15) is 15.1 Å². The summed E-state index contributed by atoms with van der Waals surface area (Å²) in [7, 11) is 0. The molecule has 1 atom stereocenters. The van der Waals surface area contributed by atoms with Crippen molar-refractivity contribution in [3.05, 3.63) is 65.3 Å². The van der Waals surface area contributed by atoms with Gasteiger partial charge in [0, 0.05) is 31.1 Å². The van der Waals surface area contributed by atoms with Crippen molar-refractivity contribution in [2.45, 2.75) is 24.8 Å². The van der Waals surface area contributed by atoms with Crippen LogP contribution in [0.5, 0.6) is 0 Å². The summed E-state index contributed by atoms with van der Waals surface area (Å²) >= 11 is 0. The van der Waals surface area contributed by atoms with E-state index in [1.165, 1.54) is 25.0 Å². The number of benzene rings is 1. The first-order chi connectivity index (χ1) is 17.2. The predicted octanol–water partition coefficient (Wildman–Crippen LogP) is 3.37. The maximum Gasteiger partial charge on any atom is 0.227 e. The molecule has 1 aromatic carbocycles. The van der Waals surface area contributed by atoms with Gasteiger partial charge in [0.05, 0.1) is 31.5 Å². The Morgan fingerprint density at radius 3 is 2.71 bits per heavy atom. The molecular formula is C24H27FN8O2. The summed E-state index contributed by atoms with van der Waals surface area (Å²) in [6.45, 7) is 3.26. The van der Waals surface area contributed by atoms with Gasteiger partial charge in [-0.3, -0.25) is 5.10 Å². The predicted molar refractivity (Wildman–Crippen MR) is 129 cm³/mol. The number of anilines is 4. The molecule has 11 heteroatoms. The number of aromatic nitrogens is 4. The van der Waals surface area contributed by atoms with E-state index in [9.17, 15) is 4.39 Å². The maximum absolute atomic E-state index is 13.2. The fraction of sp³-hybridized carbons (Fsp3) is 0.375. The first kappa shape index (κ1) is 21.8. The molecule has 6 rings (SSSR count). The van der Waals surface area contributed by atoms with Crippen molar-refractivity contribution in [3.8, 4) is 0 Å². The molecule has 3 aromatic rings. The van der Waals surface area contributed by atoms with Gasteiger partial charge in [-0.1, -0.05) is 12.1 Å². The molecule has 3 aliphatic rings. The molecular weight excluding hydrogens is 451 g/mol. The van der Waals surface area contributed by atoms with Crippen LogP contribution >= 0.6 is 0 Å². The van der Waals surface area contributed by atoms with E-state index in [1.54, 1.807) is 12.1 Å². The van der Waals surface area contributed by atoms with Crippen molar-refractivity contribution in [2.24, 2.45) is 0 Å². The highest BCUT2D eigenvalue weighted by atomic mass is 19.1. The van der Waals surface area contributed by atoms with E-state index in [0.29, 0.717) is 43.2 Å². The number of aromatic amines is 1. The number of halogens is 1. The number of morpholine rings is 1. The minimum atomic E-state index is -0.265. The number of hydroxylamine groups is 1. The van der Waals surface area contributed by atoms with Crippen molar-refractivity contribution in [1.82, 2.24) is 25.6 Å². The van der Waals surface area contributed by atoms with E-state index in [1.807, 2.05) is 18.2 Å². The zero-order chi connectivity index (χ0) is 23.6. The molecule has 10 nitrogen and oxygen atoms in total. The van der Waals surface area contributed by atoms with Crippen LogP contribution in [0.15, 0.2) is 48.2 Å². The number of hydrogen-bond donors (Lipinski definition) is 4. The van der Waals surface area contributed by atoms with Gasteiger partial charge in [0.1, 0.15) is 29.0 Å². The quantitative estimate of drug-likeness (QED) is 0.387. The van der Waals surface area contributed by atoms with Crippen molar-refractivity contribution >= 4 is 23.4 Å². The van der Waals surface area contributed by atoms with Crippen molar-refractivity contribution in [3.63, 3.8) is 0 Å². The molecule has 1 saturated carbocycles. The Morgan fingerprint density at radius 1 is 1.09 bits per heavy atom. The molecule has 35 heavy (non-hydrogen) atoms. The Morgan fingerprint density at radius 2 is 1.91 bits per heavy atom. The van der Waals surface area contributed by atoms with Gasteiger partial charge in [0.2, 0.25) is 5.95 Å². The Kier molecular flexibility index (Phi) is 5.93. The molecule has 0 amide bonds. The number of H-pyrrole nitrogens is 1. The minimum Gasteiger partial charge on any atom is -0.411 e. The van der Waals surface area contributed by atoms with Crippen molar-refractivity contribution in [1.29, 1.82) is 0 Å². The fourth-order valence-corrected chi connectivity index (χ4v) is 4.15. The molecule has 4 heterocycles. The molecule has 2 aliphatic heterocycles. The van der Waals surface area contributed by atoms with E-state index in [-0.39, 0.29) is 11.9 Å². The van der Waals surface area contributed by atoms with E-state index >= 15 is 0 Å². The number of nitrogens with zero attached hydrogens (tertiary/aromatic N) is 4. The number of hydrogen-bond acceptors (Lipinski definition) is 9. The highest BCUT2D eigenvalue weighted by Gasteiger charge is 2.26. The number of nitrogens with one attached hydrogen (secondary N) is 4. The summed E-state index contributed by atoms with van der Waals surface area (Å²) in [4.78, 5) is 17.2. The van der Waals surface area contributed by atoms with Crippen LogP contribution in [0, 0.1) is 5.82 Å². The summed E-state index contributed by atoms with van der Waals surface area (Å²) in [6.07, 6.45) is 4.35. The lowest BCUT2D eigenvalue weighted by Gasteiger charge is -2.28. The van der Waals surface area contributed by atoms with Crippen LogP contribution in [0.1, 0.15) is 36.1 Å². The summed E-state index contributed by atoms with van der Waals surface area (Å²) in [6, 6.07) is 10.2. The normalized spacial score (nSPS) is 19.9. The van der Waals surface area contributed by atoms with Gasteiger partial charge in [-0.15, -0.1) is 5.48 Å². The molecule has 182 valence electrons. The van der Waals surface area contributed by atoms with E-state index in [0.717, 1.165) is 36.0 Å². The second kappa shape index (κ2) is 9.51. The molecule has 4 N–H and O–H groups in total. The SMILES string of the molecule is Fc1ccc(C2C=C(CNc3nc(Nc4cc(C5CC5)n[nH]4)cc(N4CCOCC4)n3)ON2)cc1. The Labute approximate surface area is 201 Å². The highest BCUT2D eigenvalue weighted by Crippen LogP contribution is 2.39. The van der Waals surface area contributed by atoms with Crippen LogP contribution in [0.4, 0.5) is 27.8 Å². The molecule has 1 unspecified atom stereocenters. The maximum atomic E-state index is 13.2. The highest BCUT2D eigenvalue weighted by molar-refractivity contribution is 5.60. The second-order valence-electron chi connectivity index (χ2n) is 8.88. The lowest BCUT2D eigenvalue weighted by molar-refractivity contribution is 0.116. The van der Waals surface area contributed by atoms with Crippen LogP contribution in [-0.2, 0) is 9.57 Å². The van der Waals surface area contributed by atoms with Crippen LogP contribution in [0.3, 0.4) is 0 Å². The second-order valence-corrected chi connectivity index (χ2v) is 8.88. The van der Waals surface area contributed by atoms with Crippen molar-refractivity contribution in [2.75, 3.05) is 48.4 Å². The summed E-state index contributed by atoms with van der Waals surface area (Å²) < 4.78 is 18.7. The van der Waals surface area contributed by atoms with E-state index in [2.05, 4.69) is 36.2 Å². The van der Waals surface area contributed by atoms with Crippen LogP contribution in [0.25, 0.3) is 0 Å². The summed E-state index contributed by atoms with van der Waals surface area (Å²) in [5.74, 6) is 3.78. The monoisotopic (exact) mass is 478 g/mol. The molecule has 2 aromatic heterocycles. The molecule has 1 saturated heterocycles.